The largest absolute Gasteiger partial charge is 0.480 e. The molecule has 1 N–H and O–H groups in total. The molecule has 0 aliphatic carbocycles. The first-order valence-electron chi connectivity index (χ1n) is 5.10. The molecule has 0 spiro atoms. The zero-order valence-corrected chi connectivity index (χ0v) is 11.5. The molecule has 1 heterocycles. The van der Waals surface area contributed by atoms with E-state index in [-0.39, 0.29) is 11.1 Å². The van der Waals surface area contributed by atoms with E-state index < -0.39 is 29.8 Å². The Kier molecular flexibility index (Phi) is 4.85. The van der Waals surface area contributed by atoms with E-state index in [2.05, 4.69) is 15.9 Å². The molecule has 0 unspecified atom stereocenters. The maximum Gasteiger partial charge on any atom is 0.331 e. The molecule has 0 bridgehead atoms. The third-order valence-electron chi connectivity index (χ3n) is 2.30. The second-order valence-corrected chi connectivity index (χ2v) is 4.62. The Morgan fingerprint density at radius 2 is 2.17 bits per heavy atom. The van der Waals surface area contributed by atoms with Crippen LogP contribution in [0.3, 0.4) is 0 Å². The Labute approximate surface area is 111 Å². The quantitative estimate of drug-likeness (QED) is 0.828. The lowest BCUT2D eigenvalue weighted by molar-refractivity contribution is -0.137. The van der Waals surface area contributed by atoms with Crippen molar-refractivity contribution in [1.29, 1.82) is 0 Å². The first-order valence-corrected chi connectivity index (χ1v) is 5.90. The monoisotopic (exact) mass is 320 g/mol. The molecule has 0 amide bonds. The number of carboxylic acid groups (broad SMARTS) is 1. The van der Waals surface area contributed by atoms with Crippen LogP contribution in [0.5, 0.6) is 0 Å². The van der Waals surface area contributed by atoms with E-state index >= 15 is 0 Å². The molecule has 100 valence electrons. The van der Waals surface area contributed by atoms with Gasteiger partial charge in [-0.05, 0) is 22.9 Å². The molecule has 0 saturated carbocycles. The smallest absolute Gasteiger partial charge is 0.331 e. The van der Waals surface area contributed by atoms with Crippen LogP contribution >= 0.6 is 15.9 Å². The van der Waals surface area contributed by atoms with Crippen molar-refractivity contribution in [3.63, 3.8) is 0 Å². The van der Waals surface area contributed by atoms with E-state index in [1.54, 1.807) is 6.92 Å². The molecule has 0 saturated heterocycles. The minimum absolute atomic E-state index is 0.131. The van der Waals surface area contributed by atoms with Crippen molar-refractivity contribution in [3.8, 4) is 0 Å². The molecule has 0 aliphatic heterocycles. The van der Waals surface area contributed by atoms with Gasteiger partial charge in [0.05, 0.1) is 17.1 Å². The van der Waals surface area contributed by atoms with Gasteiger partial charge < -0.3 is 9.84 Å². The number of ether oxygens (including phenoxy) is 1. The molecule has 7 nitrogen and oxygen atoms in total. The molecule has 0 aliphatic rings. The number of carbonyl (C=O) groups is 1. The summed E-state index contributed by atoms with van der Waals surface area (Å²) >= 11 is 3.01. The van der Waals surface area contributed by atoms with Crippen LogP contribution < -0.4 is 11.2 Å². The lowest BCUT2D eigenvalue weighted by Gasteiger charge is -2.15. The fourth-order valence-corrected chi connectivity index (χ4v) is 1.99. The van der Waals surface area contributed by atoms with Gasteiger partial charge in [0.25, 0.3) is 5.56 Å². The SMILES string of the molecule is COC[C@H](C)n1c(=O)c(Br)cn(CC(=O)O)c1=O. The summed E-state index contributed by atoms with van der Waals surface area (Å²) in [6.45, 7) is 1.32. The fraction of sp³-hybridized carbons (Fsp3) is 0.500. The molecule has 18 heavy (non-hydrogen) atoms. The topological polar surface area (TPSA) is 90.5 Å². The summed E-state index contributed by atoms with van der Waals surface area (Å²) in [4.78, 5) is 34.5. The number of rotatable bonds is 5. The maximum atomic E-state index is 12.0. The van der Waals surface area contributed by atoms with Gasteiger partial charge in [-0.1, -0.05) is 0 Å². The minimum atomic E-state index is -1.16. The van der Waals surface area contributed by atoms with Gasteiger partial charge in [-0.25, -0.2) is 4.79 Å². The van der Waals surface area contributed by atoms with E-state index in [9.17, 15) is 14.4 Å². The van der Waals surface area contributed by atoms with Crippen molar-refractivity contribution < 1.29 is 14.6 Å². The van der Waals surface area contributed by atoms with Crippen LogP contribution in [-0.4, -0.2) is 33.9 Å². The highest BCUT2D eigenvalue weighted by Crippen LogP contribution is 2.04. The molecule has 0 aromatic carbocycles. The molecule has 8 heteroatoms. The van der Waals surface area contributed by atoms with Gasteiger partial charge >= 0.3 is 11.7 Å². The number of carboxylic acids is 1. The van der Waals surface area contributed by atoms with Gasteiger partial charge in [-0.2, -0.15) is 0 Å². The predicted octanol–water partition coefficient (Wildman–Crippen LogP) is 0.0645. The second kappa shape index (κ2) is 5.96. The predicted molar refractivity (Wildman–Crippen MR) is 66.9 cm³/mol. The Bertz CT molecular complexity index is 562. The van der Waals surface area contributed by atoms with Crippen molar-refractivity contribution in [2.24, 2.45) is 0 Å². The van der Waals surface area contributed by atoms with Gasteiger partial charge in [0.1, 0.15) is 6.54 Å². The normalized spacial score (nSPS) is 12.4. The third kappa shape index (κ3) is 3.08. The van der Waals surface area contributed by atoms with Crippen molar-refractivity contribution in [2.45, 2.75) is 19.5 Å². The van der Waals surface area contributed by atoms with Gasteiger partial charge in [0, 0.05) is 13.3 Å². The Hall–Kier alpha value is -1.41. The molecular weight excluding hydrogens is 308 g/mol. The number of aliphatic carboxylic acids is 1. The van der Waals surface area contributed by atoms with Crippen LogP contribution in [0.2, 0.25) is 0 Å². The van der Waals surface area contributed by atoms with Gasteiger partial charge in [-0.15, -0.1) is 0 Å². The Balaban J connectivity index is 3.40. The number of aromatic nitrogens is 2. The molecule has 1 rings (SSSR count). The first-order chi connectivity index (χ1) is 8.38. The van der Waals surface area contributed by atoms with E-state index in [0.29, 0.717) is 0 Å². The molecule has 0 fully saturated rings. The van der Waals surface area contributed by atoms with E-state index in [1.807, 2.05) is 0 Å². The van der Waals surface area contributed by atoms with Crippen LogP contribution in [0.4, 0.5) is 0 Å². The van der Waals surface area contributed by atoms with Crippen LogP contribution in [0.25, 0.3) is 0 Å². The standard InChI is InChI=1S/C10H13BrN2O5/c1-6(5-18-2)13-9(16)7(11)3-12(10(13)17)4-8(14)15/h3,6H,4-5H2,1-2H3,(H,14,15)/t6-/m0/s1. The zero-order valence-electron chi connectivity index (χ0n) is 9.92. The lowest BCUT2D eigenvalue weighted by Crippen LogP contribution is -2.43. The first kappa shape index (κ1) is 14.7. The van der Waals surface area contributed by atoms with E-state index in [4.69, 9.17) is 9.84 Å². The summed E-state index contributed by atoms with van der Waals surface area (Å²) in [7, 11) is 1.45. The minimum Gasteiger partial charge on any atom is -0.480 e. The Morgan fingerprint density at radius 1 is 1.56 bits per heavy atom. The second-order valence-electron chi connectivity index (χ2n) is 3.76. The van der Waals surface area contributed by atoms with Crippen LogP contribution in [-0.2, 0) is 16.1 Å². The van der Waals surface area contributed by atoms with E-state index in [1.165, 1.54) is 13.3 Å². The molecule has 0 radical (unpaired) electrons. The summed E-state index contributed by atoms with van der Waals surface area (Å²) in [5.41, 5.74) is -1.18. The van der Waals surface area contributed by atoms with Crippen molar-refractivity contribution in [2.75, 3.05) is 13.7 Å². The highest BCUT2D eigenvalue weighted by molar-refractivity contribution is 9.10. The van der Waals surface area contributed by atoms with Crippen LogP contribution in [0, 0.1) is 0 Å². The summed E-state index contributed by atoms with van der Waals surface area (Å²) in [6.07, 6.45) is 1.18. The zero-order chi connectivity index (χ0) is 13.9. The average molecular weight is 321 g/mol. The summed E-state index contributed by atoms with van der Waals surface area (Å²) in [5.74, 6) is -1.16. The average Bonchev–Trinajstić information content (AvgIpc) is 2.26. The fourth-order valence-electron chi connectivity index (χ4n) is 1.55. The number of nitrogens with zero attached hydrogens (tertiary/aromatic N) is 2. The number of hydrogen-bond donors (Lipinski definition) is 1. The molecule has 1 atom stereocenters. The highest BCUT2D eigenvalue weighted by Gasteiger charge is 2.16. The van der Waals surface area contributed by atoms with Crippen molar-refractivity contribution in [1.82, 2.24) is 9.13 Å². The van der Waals surface area contributed by atoms with E-state index in [0.717, 1.165) is 9.13 Å². The number of halogens is 1. The molecule has 1 aromatic rings. The maximum absolute atomic E-state index is 12.0. The third-order valence-corrected chi connectivity index (χ3v) is 2.84. The lowest BCUT2D eigenvalue weighted by atomic mass is 10.3. The van der Waals surface area contributed by atoms with Crippen molar-refractivity contribution in [3.05, 3.63) is 31.5 Å². The summed E-state index contributed by atoms with van der Waals surface area (Å²) in [6, 6.07) is -0.479. The van der Waals surface area contributed by atoms with Gasteiger partial charge in [0.2, 0.25) is 0 Å². The van der Waals surface area contributed by atoms with Crippen LogP contribution in [0.1, 0.15) is 13.0 Å². The van der Waals surface area contributed by atoms with Gasteiger partial charge in [0.15, 0.2) is 0 Å². The molecule has 1 aromatic heterocycles. The van der Waals surface area contributed by atoms with Gasteiger partial charge in [-0.3, -0.25) is 18.7 Å². The number of methoxy groups -OCH3 is 1. The molecular formula is C10H13BrN2O5. The summed E-state index contributed by atoms with van der Waals surface area (Å²) in [5, 5.41) is 8.70. The van der Waals surface area contributed by atoms with Crippen LogP contribution in [0.15, 0.2) is 20.3 Å². The highest BCUT2D eigenvalue weighted by atomic mass is 79.9. The summed E-state index contributed by atoms with van der Waals surface area (Å²) < 4.78 is 6.95. The van der Waals surface area contributed by atoms with Crippen molar-refractivity contribution >= 4 is 21.9 Å². The number of hydrogen-bond acceptors (Lipinski definition) is 4. The Morgan fingerprint density at radius 3 is 2.67 bits per heavy atom.